The molecule has 4 rings (SSSR count). The van der Waals surface area contributed by atoms with Crippen molar-refractivity contribution in [1.82, 2.24) is 9.88 Å². The van der Waals surface area contributed by atoms with Gasteiger partial charge >= 0.3 is 0 Å². The highest BCUT2D eigenvalue weighted by atomic mass is 16.5. The molecule has 1 unspecified atom stereocenters. The Hall–Kier alpha value is -3.08. The molecule has 0 radical (unpaired) electrons. The van der Waals surface area contributed by atoms with Gasteiger partial charge in [0.2, 0.25) is 0 Å². The van der Waals surface area contributed by atoms with Crippen LogP contribution in [-0.4, -0.2) is 36.6 Å². The number of carbonyl (C=O) groups excluding carboxylic acids is 1. The van der Waals surface area contributed by atoms with Gasteiger partial charge < -0.3 is 14.4 Å². The number of hydrogen-bond acceptors (Lipinski definition) is 4. The second kappa shape index (κ2) is 7.27. The lowest BCUT2D eigenvalue weighted by Crippen LogP contribution is -2.31. The van der Waals surface area contributed by atoms with Crippen LogP contribution in [0.3, 0.4) is 0 Å². The lowest BCUT2D eigenvalue weighted by Gasteiger charge is -2.26. The zero-order valence-corrected chi connectivity index (χ0v) is 15.5. The molecule has 0 spiro atoms. The van der Waals surface area contributed by atoms with Gasteiger partial charge in [-0.3, -0.25) is 9.78 Å². The number of carbonyl (C=O) groups is 1. The number of rotatable bonds is 4. The first-order valence-corrected chi connectivity index (χ1v) is 9.09. The number of aromatic nitrogens is 1. The van der Waals surface area contributed by atoms with E-state index < -0.39 is 0 Å². The number of amides is 1. The predicted octanol–water partition coefficient (Wildman–Crippen LogP) is 4.23. The SMILES string of the molecule is COc1ccc(OC)c(C2CCCN2C(=O)c2nccc3ccccc23)c1. The number of fused-ring (bicyclic) bond motifs is 1. The molecule has 3 aromatic rings. The van der Waals surface area contributed by atoms with Gasteiger partial charge in [0.1, 0.15) is 17.2 Å². The van der Waals surface area contributed by atoms with Crippen molar-refractivity contribution >= 4 is 16.7 Å². The quantitative estimate of drug-likeness (QED) is 0.697. The Morgan fingerprint density at radius 1 is 1.11 bits per heavy atom. The highest BCUT2D eigenvalue weighted by Crippen LogP contribution is 2.39. The van der Waals surface area contributed by atoms with Gasteiger partial charge in [0.15, 0.2) is 0 Å². The van der Waals surface area contributed by atoms with Gasteiger partial charge in [-0.25, -0.2) is 0 Å². The number of pyridine rings is 1. The van der Waals surface area contributed by atoms with E-state index in [0.29, 0.717) is 12.2 Å². The Balaban J connectivity index is 1.74. The molecule has 1 aliphatic rings. The molecule has 1 saturated heterocycles. The standard InChI is InChI=1S/C22H22N2O3/c1-26-16-9-10-20(27-2)18(14-16)19-8-5-13-24(19)22(25)21-17-7-4-3-6-15(17)11-12-23-21/h3-4,6-7,9-12,14,19H,5,8,13H2,1-2H3. The van der Waals surface area contributed by atoms with E-state index in [0.717, 1.165) is 40.7 Å². The van der Waals surface area contributed by atoms with E-state index in [9.17, 15) is 4.79 Å². The number of ether oxygens (including phenoxy) is 2. The van der Waals surface area contributed by atoms with Gasteiger partial charge in [-0.05, 0) is 42.5 Å². The molecule has 1 amide bonds. The Bertz CT molecular complexity index is 981. The topological polar surface area (TPSA) is 51.7 Å². The second-order valence-electron chi connectivity index (χ2n) is 6.65. The fraction of sp³-hybridized carbons (Fsp3) is 0.273. The van der Waals surface area contributed by atoms with Crippen molar-refractivity contribution in [3.63, 3.8) is 0 Å². The van der Waals surface area contributed by atoms with E-state index in [-0.39, 0.29) is 11.9 Å². The normalized spacial score (nSPS) is 16.5. The highest BCUT2D eigenvalue weighted by Gasteiger charge is 2.33. The molecule has 5 nitrogen and oxygen atoms in total. The summed E-state index contributed by atoms with van der Waals surface area (Å²) in [6.07, 6.45) is 3.54. The van der Waals surface area contributed by atoms with E-state index >= 15 is 0 Å². The van der Waals surface area contributed by atoms with E-state index in [1.807, 2.05) is 53.4 Å². The molecule has 0 aliphatic carbocycles. The van der Waals surface area contributed by atoms with E-state index in [2.05, 4.69) is 4.98 Å². The maximum absolute atomic E-state index is 13.4. The molecule has 0 bridgehead atoms. The number of likely N-dealkylation sites (tertiary alicyclic amines) is 1. The van der Waals surface area contributed by atoms with Crippen molar-refractivity contribution in [2.75, 3.05) is 20.8 Å². The van der Waals surface area contributed by atoms with E-state index in [1.165, 1.54) is 0 Å². The summed E-state index contributed by atoms with van der Waals surface area (Å²) in [5, 5.41) is 1.90. The van der Waals surface area contributed by atoms with Crippen LogP contribution < -0.4 is 9.47 Å². The molecule has 138 valence electrons. The summed E-state index contributed by atoms with van der Waals surface area (Å²) < 4.78 is 10.9. The molecule has 1 fully saturated rings. The summed E-state index contributed by atoms with van der Waals surface area (Å²) in [5.74, 6) is 1.49. The number of benzene rings is 2. The average Bonchev–Trinajstić information content (AvgIpc) is 3.22. The molecule has 1 aliphatic heterocycles. The first-order valence-electron chi connectivity index (χ1n) is 9.09. The smallest absolute Gasteiger partial charge is 0.273 e. The number of methoxy groups -OCH3 is 2. The average molecular weight is 362 g/mol. The van der Waals surface area contributed by atoms with Crippen molar-refractivity contribution in [2.24, 2.45) is 0 Å². The van der Waals surface area contributed by atoms with Gasteiger partial charge in [0.25, 0.3) is 5.91 Å². The van der Waals surface area contributed by atoms with Crippen LogP contribution in [0, 0.1) is 0 Å². The summed E-state index contributed by atoms with van der Waals surface area (Å²) in [7, 11) is 3.29. The second-order valence-corrected chi connectivity index (χ2v) is 6.65. The first-order chi connectivity index (χ1) is 13.2. The van der Waals surface area contributed by atoms with Gasteiger partial charge in [0.05, 0.1) is 20.3 Å². The lowest BCUT2D eigenvalue weighted by atomic mass is 10.0. The summed E-state index contributed by atoms with van der Waals surface area (Å²) in [5.41, 5.74) is 1.48. The molecule has 2 aromatic carbocycles. The molecule has 5 heteroatoms. The fourth-order valence-corrected chi connectivity index (χ4v) is 3.86. The number of hydrogen-bond donors (Lipinski definition) is 0. The summed E-state index contributed by atoms with van der Waals surface area (Å²) >= 11 is 0. The van der Waals surface area contributed by atoms with Crippen LogP contribution in [0.25, 0.3) is 10.8 Å². The molecule has 0 N–H and O–H groups in total. The Kier molecular flexibility index (Phi) is 4.67. The predicted molar refractivity (Wildman–Crippen MR) is 104 cm³/mol. The minimum Gasteiger partial charge on any atom is -0.497 e. The molecule has 1 aromatic heterocycles. The fourth-order valence-electron chi connectivity index (χ4n) is 3.86. The first kappa shape index (κ1) is 17.3. The number of nitrogens with zero attached hydrogens (tertiary/aromatic N) is 2. The summed E-state index contributed by atoms with van der Waals surface area (Å²) in [4.78, 5) is 19.7. The minimum atomic E-state index is -0.0525. The van der Waals surface area contributed by atoms with Gasteiger partial charge in [-0.2, -0.15) is 0 Å². The third-order valence-corrected chi connectivity index (χ3v) is 5.19. The zero-order valence-electron chi connectivity index (χ0n) is 15.5. The van der Waals surface area contributed by atoms with Crippen LogP contribution in [0.2, 0.25) is 0 Å². The highest BCUT2D eigenvalue weighted by molar-refractivity contribution is 6.05. The third kappa shape index (κ3) is 3.10. The molecule has 2 heterocycles. The molecule has 0 saturated carbocycles. The maximum atomic E-state index is 13.4. The molecule has 1 atom stereocenters. The lowest BCUT2D eigenvalue weighted by molar-refractivity contribution is 0.0730. The van der Waals surface area contributed by atoms with Crippen molar-refractivity contribution in [3.05, 3.63) is 66.0 Å². The van der Waals surface area contributed by atoms with Crippen LogP contribution in [-0.2, 0) is 0 Å². The summed E-state index contributed by atoms with van der Waals surface area (Å²) in [6, 6.07) is 15.5. The van der Waals surface area contributed by atoms with Crippen molar-refractivity contribution < 1.29 is 14.3 Å². The molecular weight excluding hydrogens is 340 g/mol. The van der Waals surface area contributed by atoms with Gasteiger partial charge in [-0.15, -0.1) is 0 Å². The van der Waals surface area contributed by atoms with Crippen molar-refractivity contribution in [3.8, 4) is 11.5 Å². The van der Waals surface area contributed by atoms with Crippen LogP contribution in [0.4, 0.5) is 0 Å². The van der Waals surface area contributed by atoms with Gasteiger partial charge in [-0.1, -0.05) is 24.3 Å². The minimum absolute atomic E-state index is 0.0424. The van der Waals surface area contributed by atoms with Crippen LogP contribution in [0.1, 0.15) is 34.9 Å². The van der Waals surface area contributed by atoms with Crippen molar-refractivity contribution in [1.29, 1.82) is 0 Å². The largest absolute Gasteiger partial charge is 0.497 e. The van der Waals surface area contributed by atoms with Crippen LogP contribution in [0.15, 0.2) is 54.7 Å². The monoisotopic (exact) mass is 362 g/mol. The van der Waals surface area contributed by atoms with Crippen LogP contribution >= 0.6 is 0 Å². The van der Waals surface area contributed by atoms with Gasteiger partial charge in [0, 0.05) is 23.7 Å². The molecule has 27 heavy (non-hydrogen) atoms. The van der Waals surface area contributed by atoms with Crippen molar-refractivity contribution in [2.45, 2.75) is 18.9 Å². The van der Waals surface area contributed by atoms with E-state index in [1.54, 1.807) is 20.4 Å². The Morgan fingerprint density at radius 2 is 1.96 bits per heavy atom. The summed E-state index contributed by atoms with van der Waals surface area (Å²) in [6.45, 7) is 0.703. The Labute approximate surface area is 158 Å². The third-order valence-electron chi connectivity index (χ3n) is 5.19. The zero-order chi connectivity index (χ0) is 18.8. The van der Waals surface area contributed by atoms with Crippen LogP contribution in [0.5, 0.6) is 11.5 Å². The maximum Gasteiger partial charge on any atom is 0.273 e. The van der Waals surface area contributed by atoms with E-state index in [4.69, 9.17) is 9.47 Å². The molecular formula is C22H22N2O3. The Morgan fingerprint density at radius 3 is 2.78 bits per heavy atom.